The van der Waals surface area contributed by atoms with E-state index in [1.54, 1.807) is 6.92 Å². The van der Waals surface area contributed by atoms with Gasteiger partial charge in [-0.05, 0) is 42.8 Å². The van der Waals surface area contributed by atoms with Gasteiger partial charge in [-0.3, -0.25) is 14.5 Å². The van der Waals surface area contributed by atoms with Crippen LogP contribution in [-0.2, 0) is 17.9 Å². The number of rotatable bonds is 3. The van der Waals surface area contributed by atoms with Crippen molar-refractivity contribution in [2.24, 2.45) is 0 Å². The summed E-state index contributed by atoms with van der Waals surface area (Å²) in [5.74, 6) is 0.987. The first-order chi connectivity index (χ1) is 16.0. The fourth-order valence-electron chi connectivity index (χ4n) is 4.74. The highest BCUT2D eigenvalue weighted by Gasteiger charge is 2.24. The maximum absolute atomic E-state index is 13.3. The van der Waals surface area contributed by atoms with Crippen LogP contribution < -0.4 is 4.74 Å². The third kappa shape index (κ3) is 4.59. The molecule has 1 fully saturated rings. The van der Waals surface area contributed by atoms with Gasteiger partial charge in [-0.2, -0.15) is 0 Å². The normalized spacial score (nSPS) is 16.9. The predicted octanol–water partition coefficient (Wildman–Crippen LogP) is 3.18. The predicted molar refractivity (Wildman–Crippen MR) is 127 cm³/mol. The quantitative estimate of drug-likeness (QED) is 0.671. The summed E-state index contributed by atoms with van der Waals surface area (Å²) in [6.45, 7) is 9.35. The number of ether oxygens (including phenoxy) is 1. The van der Waals surface area contributed by atoms with Crippen molar-refractivity contribution in [3.05, 3.63) is 64.8 Å². The lowest BCUT2D eigenvalue weighted by Gasteiger charge is -2.34. The number of aryl methyl sites for hydroxylation is 1. The highest BCUT2D eigenvalue weighted by molar-refractivity contribution is 5.98. The number of H-pyrrole nitrogens is 1. The van der Waals surface area contributed by atoms with E-state index >= 15 is 0 Å². The van der Waals surface area contributed by atoms with Crippen LogP contribution in [0.3, 0.4) is 0 Å². The molecule has 3 aromatic rings. The number of carbonyl (C=O) groups is 2. The Kier molecular flexibility index (Phi) is 5.81. The van der Waals surface area contributed by atoms with Crippen molar-refractivity contribution in [3.8, 4) is 5.75 Å². The molecule has 2 amide bonds. The Balaban J connectivity index is 1.30. The number of nitrogens with zero attached hydrogens (tertiary/aromatic N) is 3. The first-order valence-electron chi connectivity index (χ1n) is 11.6. The lowest BCUT2D eigenvalue weighted by molar-refractivity contribution is -0.130. The maximum atomic E-state index is 13.3. The lowest BCUT2D eigenvalue weighted by atomic mass is 10.1. The molecule has 2 aliphatic heterocycles. The first-order valence-corrected chi connectivity index (χ1v) is 11.6. The monoisotopic (exact) mass is 446 g/mol. The van der Waals surface area contributed by atoms with E-state index in [-0.39, 0.29) is 11.8 Å². The Hall–Kier alpha value is -3.32. The molecule has 0 saturated carbocycles. The van der Waals surface area contributed by atoms with E-state index in [2.05, 4.69) is 35.0 Å². The molecule has 7 heteroatoms. The van der Waals surface area contributed by atoms with Gasteiger partial charge in [0.05, 0.1) is 6.54 Å². The second-order valence-electron chi connectivity index (χ2n) is 9.07. The summed E-state index contributed by atoms with van der Waals surface area (Å²) in [4.78, 5) is 34.3. The maximum Gasteiger partial charge on any atom is 0.270 e. The van der Waals surface area contributed by atoms with Gasteiger partial charge in [-0.15, -0.1) is 0 Å². The van der Waals surface area contributed by atoms with E-state index in [1.807, 2.05) is 34.1 Å². The van der Waals surface area contributed by atoms with E-state index in [0.29, 0.717) is 25.4 Å². The number of hydrogen-bond donors (Lipinski definition) is 1. The number of fused-ring (bicyclic) bond motifs is 2. The van der Waals surface area contributed by atoms with Crippen molar-refractivity contribution in [1.29, 1.82) is 0 Å². The van der Waals surface area contributed by atoms with Gasteiger partial charge in [-0.1, -0.05) is 17.7 Å². The molecule has 1 aromatic heterocycles. The molecule has 5 rings (SSSR count). The van der Waals surface area contributed by atoms with E-state index in [1.165, 1.54) is 11.1 Å². The first kappa shape index (κ1) is 21.5. The van der Waals surface area contributed by atoms with Crippen LogP contribution in [0.1, 0.15) is 34.1 Å². The van der Waals surface area contributed by atoms with Crippen LogP contribution in [0.5, 0.6) is 5.75 Å². The van der Waals surface area contributed by atoms with E-state index in [9.17, 15) is 9.59 Å². The largest absolute Gasteiger partial charge is 0.491 e. The molecular formula is C26H30N4O3. The van der Waals surface area contributed by atoms with Gasteiger partial charge >= 0.3 is 0 Å². The van der Waals surface area contributed by atoms with Gasteiger partial charge in [0.25, 0.3) is 5.91 Å². The van der Waals surface area contributed by atoms with Gasteiger partial charge in [-0.25, -0.2) is 0 Å². The molecule has 0 spiro atoms. The number of amides is 2. The molecular weight excluding hydrogens is 416 g/mol. The number of aromatic nitrogens is 1. The summed E-state index contributed by atoms with van der Waals surface area (Å²) in [7, 11) is 0. The number of benzene rings is 2. The molecule has 2 aliphatic rings. The SMILES string of the molecule is CC(=O)N1CCN(Cc2ccc3c(c2)CN(C(=O)c2cc4cc(C)ccc4[nH]2)CCO3)CC1. The Morgan fingerprint density at radius 1 is 0.970 bits per heavy atom. The second-order valence-corrected chi connectivity index (χ2v) is 9.07. The van der Waals surface area contributed by atoms with Gasteiger partial charge in [0.2, 0.25) is 5.91 Å². The molecule has 7 nitrogen and oxygen atoms in total. The van der Waals surface area contributed by atoms with Gasteiger partial charge < -0.3 is 19.5 Å². The van der Waals surface area contributed by atoms with E-state index in [4.69, 9.17) is 4.74 Å². The van der Waals surface area contributed by atoms with Crippen molar-refractivity contribution in [2.45, 2.75) is 26.9 Å². The Morgan fingerprint density at radius 2 is 1.79 bits per heavy atom. The van der Waals surface area contributed by atoms with Crippen LogP contribution in [0.25, 0.3) is 10.9 Å². The zero-order chi connectivity index (χ0) is 22.9. The van der Waals surface area contributed by atoms with E-state index < -0.39 is 0 Å². The summed E-state index contributed by atoms with van der Waals surface area (Å²) in [5.41, 5.74) is 4.99. The highest BCUT2D eigenvalue weighted by Crippen LogP contribution is 2.27. The minimum atomic E-state index is -0.00828. The standard InChI is InChI=1S/C26H30N4O3/c1-18-3-5-23-21(13-18)15-24(27-23)26(32)30-11-12-33-25-6-4-20(14-22(25)17-30)16-28-7-9-29(10-8-28)19(2)31/h3-6,13-15,27H,7-12,16-17H2,1-2H3. The average molecular weight is 447 g/mol. The van der Waals surface area contributed by atoms with Crippen LogP contribution in [0.4, 0.5) is 0 Å². The molecule has 3 heterocycles. The van der Waals surface area contributed by atoms with Crippen molar-refractivity contribution >= 4 is 22.7 Å². The topological polar surface area (TPSA) is 68.9 Å². The van der Waals surface area contributed by atoms with Crippen molar-refractivity contribution in [3.63, 3.8) is 0 Å². The summed E-state index contributed by atoms with van der Waals surface area (Å²) in [6, 6.07) is 14.4. The zero-order valence-corrected chi connectivity index (χ0v) is 19.3. The molecule has 0 radical (unpaired) electrons. The van der Waals surface area contributed by atoms with Crippen LogP contribution >= 0.6 is 0 Å². The molecule has 0 aliphatic carbocycles. The molecule has 0 unspecified atom stereocenters. The zero-order valence-electron chi connectivity index (χ0n) is 19.3. The Morgan fingerprint density at radius 3 is 2.58 bits per heavy atom. The molecule has 1 saturated heterocycles. The molecule has 0 atom stereocenters. The van der Waals surface area contributed by atoms with Crippen LogP contribution in [0.15, 0.2) is 42.5 Å². The summed E-state index contributed by atoms with van der Waals surface area (Å²) < 4.78 is 5.96. The van der Waals surface area contributed by atoms with E-state index in [0.717, 1.165) is 54.9 Å². The summed E-state index contributed by atoms with van der Waals surface area (Å²) >= 11 is 0. The summed E-state index contributed by atoms with van der Waals surface area (Å²) in [5, 5.41) is 1.05. The second kappa shape index (κ2) is 8.90. The Labute approximate surface area is 193 Å². The molecule has 0 bridgehead atoms. The number of carbonyl (C=O) groups excluding carboxylic acids is 2. The van der Waals surface area contributed by atoms with Crippen molar-refractivity contribution < 1.29 is 14.3 Å². The van der Waals surface area contributed by atoms with Gasteiger partial charge in [0, 0.05) is 62.7 Å². The number of aromatic amines is 1. The lowest BCUT2D eigenvalue weighted by Crippen LogP contribution is -2.47. The fraction of sp³-hybridized carbons (Fsp3) is 0.385. The molecule has 33 heavy (non-hydrogen) atoms. The Bertz CT molecular complexity index is 1190. The fourth-order valence-corrected chi connectivity index (χ4v) is 4.74. The average Bonchev–Trinajstić information content (AvgIpc) is 3.10. The number of hydrogen-bond acceptors (Lipinski definition) is 4. The molecule has 2 aromatic carbocycles. The summed E-state index contributed by atoms with van der Waals surface area (Å²) in [6.07, 6.45) is 0. The van der Waals surface area contributed by atoms with Gasteiger partial charge in [0.1, 0.15) is 18.1 Å². The van der Waals surface area contributed by atoms with Crippen LogP contribution in [0.2, 0.25) is 0 Å². The molecule has 1 N–H and O–H groups in total. The minimum Gasteiger partial charge on any atom is -0.491 e. The van der Waals surface area contributed by atoms with Gasteiger partial charge in [0.15, 0.2) is 0 Å². The van der Waals surface area contributed by atoms with Crippen molar-refractivity contribution in [2.75, 3.05) is 39.3 Å². The van der Waals surface area contributed by atoms with Crippen LogP contribution in [0, 0.1) is 6.92 Å². The van der Waals surface area contributed by atoms with Crippen LogP contribution in [-0.4, -0.2) is 70.8 Å². The third-order valence-corrected chi connectivity index (χ3v) is 6.62. The molecule has 172 valence electrons. The smallest absolute Gasteiger partial charge is 0.270 e. The number of nitrogens with one attached hydrogen (secondary N) is 1. The number of piperazine rings is 1. The van der Waals surface area contributed by atoms with Crippen molar-refractivity contribution in [1.82, 2.24) is 19.7 Å². The third-order valence-electron chi connectivity index (χ3n) is 6.62. The minimum absolute atomic E-state index is 0.00828. The highest BCUT2D eigenvalue weighted by atomic mass is 16.5.